The molecule has 1 fully saturated rings. The molecule has 0 amide bonds. The lowest BCUT2D eigenvalue weighted by molar-refractivity contribution is 0.0683. The molecule has 1 aromatic carbocycles. The van der Waals surface area contributed by atoms with E-state index in [2.05, 4.69) is 30.9 Å². The summed E-state index contributed by atoms with van der Waals surface area (Å²) in [5, 5.41) is 0. The highest BCUT2D eigenvalue weighted by Gasteiger charge is 2.40. The smallest absolute Gasteiger partial charge is 0.126 e. The topological polar surface area (TPSA) is 32.5 Å². The molecule has 3 nitrogen and oxygen atoms in total. The number of anilines is 1. The van der Waals surface area contributed by atoms with Crippen molar-refractivity contribution in [1.29, 1.82) is 0 Å². The molecule has 0 heterocycles. The van der Waals surface area contributed by atoms with Crippen LogP contribution < -0.4 is 10.6 Å². The van der Waals surface area contributed by atoms with Gasteiger partial charge >= 0.3 is 0 Å². The molecule has 0 spiro atoms. The van der Waals surface area contributed by atoms with Gasteiger partial charge in [-0.3, -0.25) is 0 Å². The Morgan fingerprint density at radius 3 is 2.33 bits per heavy atom. The first-order chi connectivity index (χ1) is 9.77. The van der Waals surface area contributed by atoms with E-state index >= 15 is 0 Å². The second-order valence-corrected chi connectivity index (χ2v) is 6.78. The van der Waals surface area contributed by atoms with Gasteiger partial charge in [-0.2, -0.15) is 0 Å². The lowest BCUT2D eigenvalue weighted by Gasteiger charge is -2.49. The maximum atomic E-state index is 13.8. The molecular weight excluding hydrogens is 265 g/mol. The first-order valence-electron chi connectivity index (χ1n) is 7.71. The van der Waals surface area contributed by atoms with E-state index in [0.717, 1.165) is 17.8 Å². The van der Waals surface area contributed by atoms with Crippen LogP contribution in [0.15, 0.2) is 12.1 Å². The Labute approximate surface area is 127 Å². The van der Waals surface area contributed by atoms with Crippen LogP contribution in [0, 0.1) is 12.7 Å². The van der Waals surface area contributed by atoms with Crippen molar-refractivity contribution in [2.45, 2.75) is 44.7 Å². The molecule has 0 radical (unpaired) electrons. The second kappa shape index (κ2) is 5.93. The maximum absolute atomic E-state index is 13.8. The first-order valence-corrected chi connectivity index (χ1v) is 7.71. The first kappa shape index (κ1) is 16.2. The predicted molar refractivity (Wildman–Crippen MR) is 87.3 cm³/mol. The van der Waals surface area contributed by atoms with Gasteiger partial charge in [-0.05, 0) is 70.5 Å². The van der Waals surface area contributed by atoms with E-state index in [9.17, 15) is 4.39 Å². The van der Waals surface area contributed by atoms with Crippen LogP contribution >= 0.6 is 0 Å². The molecule has 21 heavy (non-hydrogen) atoms. The van der Waals surface area contributed by atoms with Crippen LogP contribution in [0.4, 0.5) is 10.1 Å². The minimum atomic E-state index is -0.176. The molecule has 1 saturated carbocycles. The zero-order chi connectivity index (χ0) is 15.8. The number of benzene rings is 1. The quantitative estimate of drug-likeness (QED) is 0.905. The van der Waals surface area contributed by atoms with E-state index in [1.54, 1.807) is 6.07 Å². The Bertz CT molecular complexity index is 507. The number of likely N-dealkylation sites (N-methyl/N-ethyl adjacent to an activating group) is 2. The van der Waals surface area contributed by atoms with Crippen molar-refractivity contribution >= 4 is 5.69 Å². The van der Waals surface area contributed by atoms with Crippen LogP contribution in [0.25, 0.3) is 0 Å². The summed E-state index contributed by atoms with van der Waals surface area (Å²) in [5.41, 5.74) is 8.89. The number of rotatable bonds is 5. The van der Waals surface area contributed by atoms with Gasteiger partial charge in [-0.25, -0.2) is 4.39 Å². The van der Waals surface area contributed by atoms with E-state index in [4.69, 9.17) is 5.73 Å². The van der Waals surface area contributed by atoms with Gasteiger partial charge in [0, 0.05) is 30.9 Å². The summed E-state index contributed by atoms with van der Waals surface area (Å²) in [5.74, 6) is -0.176. The largest absolute Gasteiger partial charge is 0.372 e. The van der Waals surface area contributed by atoms with Crippen LogP contribution in [0.1, 0.15) is 43.4 Å². The molecule has 1 aliphatic carbocycles. The fourth-order valence-corrected chi connectivity index (χ4v) is 3.24. The lowest BCUT2D eigenvalue weighted by Crippen LogP contribution is -2.56. The summed E-state index contributed by atoms with van der Waals surface area (Å²) < 4.78 is 13.8. The molecule has 118 valence electrons. The number of halogens is 1. The molecule has 0 bridgehead atoms. The summed E-state index contributed by atoms with van der Waals surface area (Å²) in [7, 11) is 6.38. The van der Waals surface area contributed by atoms with Crippen molar-refractivity contribution in [2.24, 2.45) is 5.73 Å². The van der Waals surface area contributed by atoms with Crippen molar-refractivity contribution in [3.63, 3.8) is 0 Å². The van der Waals surface area contributed by atoms with E-state index in [0.29, 0.717) is 5.56 Å². The molecule has 0 saturated heterocycles. The van der Waals surface area contributed by atoms with Gasteiger partial charge in [-0.1, -0.05) is 0 Å². The monoisotopic (exact) mass is 293 g/mol. The van der Waals surface area contributed by atoms with E-state index in [1.807, 2.05) is 19.9 Å². The van der Waals surface area contributed by atoms with E-state index in [-0.39, 0.29) is 17.4 Å². The van der Waals surface area contributed by atoms with Crippen molar-refractivity contribution in [3.05, 3.63) is 29.1 Å². The molecule has 0 aliphatic heterocycles. The molecule has 0 unspecified atom stereocenters. The zero-order valence-corrected chi connectivity index (χ0v) is 13.9. The Kier molecular flexibility index (Phi) is 4.59. The molecule has 1 aliphatic rings. The SMILES string of the molecule is Cc1cc(N(C)CC2(N(C)C)CCC2)c([C@H](C)N)cc1F. The van der Waals surface area contributed by atoms with Crippen molar-refractivity contribution < 1.29 is 4.39 Å². The third kappa shape index (κ3) is 3.06. The van der Waals surface area contributed by atoms with Crippen molar-refractivity contribution in [1.82, 2.24) is 4.90 Å². The summed E-state index contributed by atoms with van der Waals surface area (Å²) in [6.45, 7) is 4.67. The van der Waals surface area contributed by atoms with Gasteiger partial charge in [-0.15, -0.1) is 0 Å². The maximum Gasteiger partial charge on any atom is 0.126 e. The van der Waals surface area contributed by atoms with Crippen LogP contribution in [0.3, 0.4) is 0 Å². The minimum absolute atomic E-state index is 0.172. The Hall–Kier alpha value is -1.13. The number of hydrogen-bond acceptors (Lipinski definition) is 3. The Balaban J connectivity index is 2.30. The van der Waals surface area contributed by atoms with E-state index in [1.165, 1.54) is 19.3 Å². The highest BCUT2D eigenvalue weighted by atomic mass is 19.1. The lowest BCUT2D eigenvalue weighted by atomic mass is 9.75. The average Bonchev–Trinajstić information content (AvgIpc) is 2.35. The fourth-order valence-electron chi connectivity index (χ4n) is 3.24. The third-order valence-corrected chi connectivity index (χ3v) is 4.97. The fraction of sp³-hybridized carbons (Fsp3) is 0.647. The molecule has 1 aromatic rings. The molecule has 4 heteroatoms. The van der Waals surface area contributed by atoms with Gasteiger partial charge in [0.15, 0.2) is 0 Å². The summed E-state index contributed by atoms with van der Waals surface area (Å²) in [6.07, 6.45) is 3.73. The molecule has 2 rings (SSSR count). The standard InChI is InChI=1S/C17H28FN3/c1-12-9-16(14(13(2)19)10-15(12)18)21(5)11-17(20(3)4)7-6-8-17/h9-10,13H,6-8,11,19H2,1-5H3/t13-/m0/s1. The van der Waals surface area contributed by atoms with Gasteiger partial charge in [0.05, 0.1) is 0 Å². The Morgan fingerprint density at radius 1 is 1.29 bits per heavy atom. The minimum Gasteiger partial charge on any atom is -0.372 e. The molecular formula is C17H28FN3. The van der Waals surface area contributed by atoms with Gasteiger partial charge in [0.2, 0.25) is 0 Å². The average molecular weight is 293 g/mol. The van der Waals surface area contributed by atoms with Gasteiger partial charge < -0.3 is 15.5 Å². The summed E-state index contributed by atoms with van der Waals surface area (Å²) >= 11 is 0. The van der Waals surface area contributed by atoms with Gasteiger partial charge in [0.25, 0.3) is 0 Å². The third-order valence-electron chi connectivity index (χ3n) is 4.97. The molecule has 2 N–H and O–H groups in total. The molecule has 1 atom stereocenters. The van der Waals surface area contributed by atoms with E-state index < -0.39 is 0 Å². The number of aryl methyl sites for hydroxylation is 1. The van der Waals surface area contributed by atoms with Crippen molar-refractivity contribution in [3.8, 4) is 0 Å². The Morgan fingerprint density at radius 2 is 1.90 bits per heavy atom. The van der Waals surface area contributed by atoms with Crippen molar-refractivity contribution in [2.75, 3.05) is 32.6 Å². The molecule has 0 aromatic heterocycles. The summed E-state index contributed by atoms with van der Waals surface area (Å²) in [4.78, 5) is 4.57. The summed E-state index contributed by atoms with van der Waals surface area (Å²) in [6, 6.07) is 3.35. The second-order valence-electron chi connectivity index (χ2n) is 6.78. The number of nitrogens with two attached hydrogens (primary N) is 1. The van der Waals surface area contributed by atoms with Crippen LogP contribution in [0.5, 0.6) is 0 Å². The van der Waals surface area contributed by atoms with Crippen LogP contribution in [-0.4, -0.2) is 38.1 Å². The zero-order valence-electron chi connectivity index (χ0n) is 13.9. The number of nitrogens with zero attached hydrogens (tertiary/aromatic N) is 2. The normalized spacial score (nSPS) is 18.5. The van der Waals surface area contributed by atoms with Crippen LogP contribution in [-0.2, 0) is 0 Å². The highest BCUT2D eigenvalue weighted by Crippen LogP contribution is 2.38. The highest BCUT2D eigenvalue weighted by molar-refractivity contribution is 5.57. The van der Waals surface area contributed by atoms with Gasteiger partial charge in [0.1, 0.15) is 5.82 Å². The predicted octanol–water partition coefficient (Wildman–Crippen LogP) is 3.07. The van der Waals surface area contributed by atoms with Crippen LogP contribution in [0.2, 0.25) is 0 Å². The number of hydrogen-bond donors (Lipinski definition) is 1.